The van der Waals surface area contributed by atoms with Crippen LogP contribution in [0.15, 0.2) is 12.4 Å². The highest BCUT2D eigenvalue weighted by molar-refractivity contribution is 4.88. The molecule has 1 aromatic rings. The highest BCUT2D eigenvalue weighted by atomic mass is 15.1. The lowest BCUT2D eigenvalue weighted by Gasteiger charge is -2.21. The first kappa shape index (κ1) is 12.6. The van der Waals surface area contributed by atoms with Gasteiger partial charge in [-0.05, 0) is 19.8 Å². The van der Waals surface area contributed by atoms with Gasteiger partial charge in [-0.1, -0.05) is 32.1 Å². The summed E-state index contributed by atoms with van der Waals surface area (Å²) >= 11 is 0. The van der Waals surface area contributed by atoms with Crippen LogP contribution in [0.3, 0.4) is 0 Å². The minimum Gasteiger partial charge on any atom is -0.334 e. The Labute approximate surface area is 105 Å². The predicted molar refractivity (Wildman–Crippen MR) is 71.1 cm³/mol. The van der Waals surface area contributed by atoms with Crippen LogP contribution >= 0.6 is 0 Å². The molecule has 0 atom stereocenters. The van der Waals surface area contributed by atoms with Gasteiger partial charge in [-0.25, -0.2) is 4.98 Å². The number of aromatic nitrogens is 2. The lowest BCUT2D eigenvalue weighted by atomic mass is 9.97. The van der Waals surface area contributed by atoms with E-state index in [1.165, 1.54) is 44.9 Å². The highest BCUT2D eigenvalue weighted by Gasteiger charge is 2.10. The van der Waals surface area contributed by atoms with E-state index in [2.05, 4.69) is 28.0 Å². The monoisotopic (exact) mass is 235 g/mol. The number of nitrogens with one attached hydrogen (secondary N) is 1. The van der Waals surface area contributed by atoms with Gasteiger partial charge in [-0.2, -0.15) is 0 Å². The number of imidazole rings is 1. The Kier molecular flexibility index (Phi) is 5.05. The third kappa shape index (κ3) is 4.15. The number of aryl methyl sites for hydroxylation is 1. The molecule has 3 heteroatoms. The molecule has 1 aliphatic carbocycles. The summed E-state index contributed by atoms with van der Waals surface area (Å²) in [5.74, 6) is 1.12. The Balaban J connectivity index is 1.68. The first-order valence-corrected chi connectivity index (χ1v) is 7.07. The molecule has 0 unspecified atom stereocenters. The summed E-state index contributed by atoms with van der Waals surface area (Å²) in [4.78, 5) is 4.24. The highest BCUT2D eigenvalue weighted by Crippen LogP contribution is 2.16. The third-order valence-corrected chi connectivity index (χ3v) is 3.81. The Hall–Kier alpha value is -0.830. The van der Waals surface area contributed by atoms with Crippen molar-refractivity contribution in [3.05, 3.63) is 18.2 Å². The Morgan fingerprint density at radius 3 is 2.59 bits per heavy atom. The minimum atomic E-state index is 0.749. The molecule has 0 saturated heterocycles. The summed E-state index contributed by atoms with van der Waals surface area (Å²) in [7, 11) is 0. The number of nitrogens with zero attached hydrogens (tertiary/aromatic N) is 2. The predicted octanol–water partition coefficient (Wildman–Crippen LogP) is 2.89. The smallest absolute Gasteiger partial charge is 0.105 e. The van der Waals surface area contributed by atoms with Gasteiger partial charge in [0.2, 0.25) is 0 Å². The van der Waals surface area contributed by atoms with Gasteiger partial charge in [-0.3, -0.25) is 0 Å². The van der Waals surface area contributed by atoms with Crippen LogP contribution in [-0.2, 0) is 6.54 Å². The van der Waals surface area contributed by atoms with Crippen LogP contribution in [0.5, 0.6) is 0 Å². The van der Waals surface area contributed by atoms with E-state index in [9.17, 15) is 0 Å². The molecule has 96 valence electrons. The van der Waals surface area contributed by atoms with E-state index in [1.54, 1.807) is 0 Å². The zero-order valence-electron chi connectivity index (χ0n) is 11.0. The largest absolute Gasteiger partial charge is 0.334 e. The standard InChI is InChI=1S/C14H25N3/c1-13-15-9-11-17(13)12-10-16-14-7-5-3-2-4-6-8-14/h9,11,14,16H,2-8,10,12H2,1H3. The summed E-state index contributed by atoms with van der Waals surface area (Å²) in [5, 5.41) is 3.71. The van der Waals surface area contributed by atoms with Crippen molar-refractivity contribution in [1.29, 1.82) is 0 Å². The summed E-state index contributed by atoms with van der Waals surface area (Å²) < 4.78 is 2.22. The number of hydrogen-bond acceptors (Lipinski definition) is 2. The van der Waals surface area contributed by atoms with Crippen molar-refractivity contribution >= 4 is 0 Å². The SMILES string of the molecule is Cc1nccn1CCNC1CCCCCCC1. The van der Waals surface area contributed by atoms with Gasteiger partial charge >= 0.3 is 0 Å². The third-order valence-electron chi connectivity index (χ3n) is 3.81. The van der Waals surface area contributed by atoms with E-state index < -0.39 is 0 Å². The molecule has 1 fully saturated rings. The van der Waals surface area contributed by atoms with Crippen molar-refractivity contribution in [2.45, 2.75) is 64.5 Å². The summed E-state index contributed by atoms with van der Waals surface area (Å²) in [6.07, 6.45) is 13.8. The zero-order valence-corrected chi connectivity index (χ0v) is 11.0. The molecule has 0 aromatic carbocycles. The van der Waals surface area contributed by atoms with Crippen LogP contribution in [0.25, 0.3) is 0 Å². The molecule has 0 aliphatic heterocycles. The first-order chi connectivity index (χ1) is 8.36. The molecule has 1 N–H and O–H groups in total. The average molecular weight is 235 g/mol. The fourth-order valence-corrected chi connectivity index (χ4v) is 2.69. The van der Waals surface area contributed by atoms with Gasteiger partial charge in [0.25, 0.3) is 0 Å². The molecule has 0 spiro atoms. The Morgan fingerprint density at radius 1 is 1.24 bits per heavy atom. The van der Waals surface area contributed by atoms with Crippen molar-refractivity contribution in [3.8, 4) is 0 Å². The van der Waals surface area contributed by atoms with Gasteiger partial charge < -0.3 is 9.88 Å². The quantitative estimate of drug-likeness (QED) is 0.869. The molecule has 1 aliphatic rings. The van der Waals surface area contributed by atoms with Crippen LogP contribution in [0.2, 0.25) is 0 Å². The lowest BCUT2D eigenvalue weighted by molar-refractivity contribution is 0.383. The number of hydrogen-bond donors (Lipinski definition) is 1. The van der Waals surface area contributed by atoms with Crippen LogP contribution in [0.4, 0.5) is 0 Å². The molecule has 0 amide bonds. The molecule has 0 radical (unpaired) electrons. The van der Waals surface area contributed by atoms with E-state index in [0.29, 0.717) is 0 Å². The second-order valence-electron chi connectivity index (χ2n) is 5.16. The molecule has 1 saturated carbocycles. The second-order valence-corrected chi connectivity index (χ2v) is 5.16. The average Bonchev–Trinajstić information content (AvgIpc) is 2.67. The van der Waals surface area contributed by atoms with Crippen molar-refractivity contribution < 1.29 is 0 Å². The summed E-state index contributed by atoms with van der Waals surface area (Å²) in [5.41, 5.74) is 0. The van der Waals surface area contributed by atoms with Crippen LogP contribution < -0.4 is 5.32 Å². The molecule has 0 bridgehead atoms. The lowest BCUT2D eigenvalue weighted by Crippen LogP contribution is -2.32. The van der Waals surface area contributed by atoms with E-state index >= 15 is 0 Å². The van der Waals surface area contributed by atoms with E-state index in [4.69, 9.17) is 0 Å². The normalized spacial score (nSPS) is 18.9. The molecular weight excluding hydrogens is 210 g/mol. The first-order valence-electron chi connectivity index (χ1n) is 7.07. The van der Waals surface area contributed by atoms with Crippen molar-refractivity contribution in [3.63, 3.8) is 0 Å². The topological polar surface area (TPSA) is 29.9 Å². The minimum absolute atomic E-state index is 0.749. The fourth-order valence-electron chi connectivity index (χ4n) is 2.69. The maximum absolute atomic E-state index is 4.24. The van der Waals surface area contributed by atoms with Crippen LogP contribution in [-0.4, -0.2) is 22.1 Å². The Bertz CT molecular complexity index is 311. The van der Waals surface area contributed by atoms with Crippen LogP contribution in [0.1, 0.15) is 50.8 Å². The van der Waals surface area contributed by atoms with E-state index in [-0.39, 0.29) is 0 Å². The van der Waals surface area contributed by atoms with Crippen LogP contribution in [0, 0.1) is 6.92 Å². The van der Waals surface area contributed by atoms with Crippen molar-refractivity contribution in [1.82, 2.24) is 14.9 Å². The van der Waals surface area contributed by atoms with Gasteiger partial charge in [0.05, 0.1) is 0 Å². The van der Waals surface area contributed by atoms with Gasteiger partial charge in [0, 0.05) is 31.5 Å². The van der Waals surface area contributed by atoms with Gasteiger partial charge in [0.1, 0.15) is 5.82 Å². The fraction of sp³-hybridized carbons (Fsp3) is 0.786. The van der Waals surface area contributed by atoms with Gasteiger partial charge in [-0.15, -0.1) is 0 Å². The molecule has 3 nitrogen and oxygen atoms in total. The van der Waals surface area contributed by atoms with E-state index in [1.807, 2.05) is 6.20 Å². The van der Waals surface area contributed by atoms with Crippen molar-refractivity contribution in [2.75, 3.05) is 6.54 Å². The zero-order chi connectivity index (χ0) is 11.9. The van der Waals surface area contributed by atoms with Crippen molar-refractivity contribution in [2.24, 2.45) is 0 Å². The maximum atomic E-state index is 4.24. The number of rotatable bonds is 4. The second kappa shape index (κ2) is 6.80. The van der Waals surface area contributed by atoms with E-state index in [0.717, 1.165) is 25.0 Å². The summed E-state index contributed by atoms with van der Waals surface area (Å²) in [6.45, 7) is 4.18. The maximum Gasteiger partial charge on any atom is 0.105 e. The molecule has 17 heavy (non-hydrogen) atoms. The Morgan fingerprint density at radius 2 is 1.94 bits per heavy atom. The summed E-state index contributed by atoms with van der Waals surface area (Å²) in [6, 6.07) is 0.749. The molecule has 1 aromatic heterocycles. The van der Waals surface area contributed by atoms with Gasteiger partial charge in [0.15, 0.2) is 0 Å². The molecular formula is C14H25N3. The molecule has 1 heterocycles. The molecule has 2 rings (SSSR count).